The molecule has 2 N–H and O–H groups in total. The number of aromatic nitrogens is 3. The maximum atomic E-state index is 10.6. The lowest BCUT2D eigenvalue weighted by atomic mass is 10.0. The third-order valence-electron chi connectivity index (χ3n) is 5.36. The van der Waals surface area contributed by atoms with E-state index in [4.69, 9.17) is 24.5 Å². The van der Waals surface area contributed by atoms with Gasteiger partial charge in [-0.1, -0.05) is 12.1 Å². The van der Waals surface area contributed by atoms with E-state index in [1.54, 1.807) is 19.6 Å². The summed E-state index contributed by atoms with van der Waals surface area (Å²) in [5.41, 5.74) is 5.81. The Hall–Kier alpha value is -4.27. The molecule has 3 heterocycles. The largest absolute Gasteiger partial charge is 0.497 e. The monoisotopic (exact) mass is 574 g/mol. The first-order chi connectivity index (χ1) is 18.7. The Kier molecular flexibility index (Phi) is 11.3. The summed E-state index contributed by atoms with van der Waals surface area (Å²) < 4.78 is 68.7. The highest BCUT2D eigenvalue weighted by molar-refractivity contribution is 5.73. The van der Waals surface area contributed by atoms with Crippen molar-refractivity contribution >= 4 is 11.9 Å². The van der Waals surface area contributed by atoms with Crippen LogP contribution in [0.3, 0.4) is 0 Å². The number of fused-ring (bicyclic) bond motifs is 1. The highest BCUT2D eigenvalue weighted by Crippen LogP contribution is 2.25. The number of carboxylic acid groups (broad SMARTS) is 2. The second-order valence-corrected chi connectivity index (χ2v) is 8.12. The molecule has 40 heavy (non-hydrogen) atoms. The van der Waals surface area contributed by atoms with Crippen LogP contribution in [0.5, 0.6) is 5.75 Å². The first-order valence-corrected chi connectivity index (χ1v) is 11.4. The summed E-state index contributed by atoms with van der Waals surface area (Å²) in [5.74, 6) is -4.62. The van der Waals surface area contributed by atoms with Crippen molar-refractivity contribution in [1.29, 1.82) is 0 Å². The zero-order valence-electron chi connectivity index (χ0n) is 20.9. The summed E-state index contributed by atoms with van der Waals surface area (Å²) in [6.45, 7) is 2.94. The van der Waals surface area contributed by atoms with Gasteiger partial charge in [0, 0.05) is 55.3 Å². The quantitative estimate of drug-likeness (QED) is 0.436. The summed E-state index contributed by atoms with van der Waals surface area (Å²) in [6.07, 6.45) is -2.92. The van der Waals surface area contributed by atoms with Gasteiger partial charge in [-0.2, -0.15) is 26.3 Å². The van der Waals surface area contributed by atoms with Crippen LogP contribution < -0.4 is 4.74 Å². The summed E-state index contributed by atoms with van der Waals surface area (Å²) in [4.78, 5) is 33.6. The molecule has 216 valence electrons. The minimum atomic E-state index is -5.08. The van der Waals surface area contributed by atoms with Gasteiger partial charge in [0.05, 0.1) is 12.8 Å². The number of hydrogen-bond donors (Lipinski definition) is 2. The molecule has 0 spiro atoms. The first-order valence-electron chi connectivity index (χ1n) is 11.4. The predicted molar refractivity (Wildman–Crippen MR) is 128 cm³/mol. The van der Waals surface area contributed by atoms with Gasteiger partial charge in [-0.05, 0) is 36.2 Å². The minimum absolute atomic E-state index is 0.897. The van der Waals surface area contributed by atoms with Crippen LogP contribution in [-0.2, 0) is 29.0 Å². The van der Waals surface area contributed by atoms with Gasteiger partial charge in [-0.25, -0.2) is 19.6 Å². The van der Waals surface area contributed by atoms with Gasteiger partial charge in [0.25, 0.3) is 0 Å². The number of benzene rings is 1. The molecule has 0 saturated heterocycles. The first kappa shape index (κ1) is 31.9. The molecule has 1 aliphatic heterocycles. The molecule has 0 amide bonds. The second-order valence-electron chi connectivity index (χ2n) is 8.12. The van der Waals surface area contributed by atoms with Crippen molar-refractivity contribution in [3.63, 3.8) is 0 Å². The summed E-state index contributed by atoms with van der Waals surface area (Å²) >= 11 is 0. The number of alkyl halides is 6. The van der Waals surface area contributed by atoms with Crippen molar-refractivity contribution in [2.24, 2.45) is 0 Å². The van der Waals surface area contributed by atoms with E-state index in [0.29, 0.717) is 0 Å². The Bertz CT molecular complexity index is 1230. The third kappa shape index (κ3) is 10.1. The average molecular weight is 574 g/mol. The number of ether oxygens (including phenoxy) is 1. The molecule has 2 aromatic heterocycles. The number of hydrogen-bond acceptors (Lipinski definition) is 7. The minimum Gasteiger partial charge on any atom is -0.497 e. The van der Waals surface area contributed by atoms with Gasteiger partial charge in [-0.3, -0.25) is 9.88 Å². The molecule has 15 heteroatoms. The zero-order valence-corrected chi connectivity index (χ0v) is 20.9. The van der Waals surface area contributed by atoms with Crippen LogP contribution in [0.15, 0.2) is 55.1 Å². The number of methoxy groups -OCH3 is 1. The van der Waals surface area contributed by atoms with Gasteiger partial charge >= 0.3 is 24.3 Å². The molecule has 1 aromatic carbocycles. The molecule has 0 unspecified atom stereocenters. The van der Waals surface area contributed by atoms with Gasteiger partial charge in [0.15, 0.2) is 0 Å². The van der Waals surface area contributed by atoms with Crippen LogP contribution in [0.25, 0.3) is 11.3 Å². The van der Waals surface area contributed by atoms with E-state index in [0.717, 1.165) is 55.2 Å². The fourth-order valence-electron chi connectivity index (χ4n) is 3.47. The smallest absolute Gasteiger partial charge is 0.490 e. The average Bonchev–Trinajstić information content (AvgIpc) is 3.11. The van der Waals surface area contributed by atoms with E-state index in [9.17, 15) is 26.3 Å². The Morgan fingerprint density at radius 3 is 2.00 bits per heavy atom. The summed E-state index contributed by atoms with van der Waals surface area (Å²) in [7, 11) is 1.70. The number of carbonyl (C=O) groups is 2. The molecule has 9 nitrogen and oxygen atoms in total. The summed E-state index contributed by atoms with van der Waals surface area (Å²) in [5, 5.41) is 14.2. The lowest BCUT2D eigenvalue weighted by Gasteiger charge is -2.19. The molecule has 0 atom stereocenters. The maximum Gasteiger partial charge on any atom is 0.490 e. The molecule has 0 saturated carbocycles. The Morgan fingerprint density at radius 2 is 1.50 bits per heavy atom. The van der Waals surface area contributed by atoms with Crippen LogP contribution in [0.2, 0.25) is 0 Å². The van der Waals surface area contributed by atoms with E-state index in [1.807, 2.05) is 24.4 Å². The third-order valence-corrected chi connectivity index (χ3v) is 5.36. The van der Waals surface area contributed by atoms with E-state index >= 15 is 0 Å². The van der Waals surface area contributed by atoms with Crippen molar-refractivity contribution in [2.75, 3.05) is 20.2 Å². The van der Waals surface area contributed by atoms with Crippen LogP contribution in [-0.4, -0.2) is 74.6 Å². The normalized spacial score (nSPS) is 13.4. The van der Waals surface area contributed by atoms with Crippen molar-refractivity contribution in [2.45, 2.75) is 31.7 Å². The van der Waals surface area contributed by atoms with Gasteiger partial charge in [0.2, 0.25) is 0 Å². The van der Waals surface area contributed by atoms with Crippen molar-refractivity contribution in [1.82, 2.24) is 19.9 Å². The SMILES string of the molecule is COc1ccc(CN2CCc3ncnc(-c4cccnc4)c3CC2)cc1.O=C(O)C(F)(F)F.O=C(O)C(F)(F)F. The molecule has 0 fully saturated rings. The zero-order chi connectivity index (χ0) is 29.9. The molecule has 0 bridgehead atoms. The van der Waals surface area contributed by atoms with Crippen molar-refractivity contribution in [3.8, 4) is 17.0 Å². The lowest BCUT2D eigenvalue weighted by molar-refractivity contribution is -0.193. The van der Waals surface area contributed by atoms with Crippen LogP contribution in [0.1, 0.15) is 16.8 Å². The van der Waals surface area contributed by atoms with Crippen LogP contribution in [0, 0.1) is 0 Å². The Balaban J connectivity index is 0.000000333. The number of rotatable bonds is 4. The Labute approximate surface area is 224 Å². The van der Waals surface area contributed by atoms with Gasteiger partial charge in [0.1, 0.15) is 12.1 Å². The van der Waals surface area contributed by atoms with E-state index in [2.05, 4.69) is 38.1 Å². The topological polar surface area (TPSA) is 126 Å². The second kappa shape index (κ2) is 14.2. The lowest BCUT2D eigenvalue weighted by Crippen LogP contribution is -2.25. The molecular formula is C25H24F6N4O5. The molecular weight excluding hydrogens is 550 g/mol. The molecule has 0 radical (unpaired) electrons. The van der Waals surface area contributed by atoms with Gasteiger partial charge in [-0.15, -0.1) is 0 Å². The summed E-state index contributed by atoms with van der Waals surface area (Å²) in [6, 6.07) is 12.3. The highest BCUT2D eigenvalue weighted by atomic mass is 19.4. The number of carboxylic acids is 2. The van der Waals surface area contributed by atoms with E-state index in [-0.39, 0.29) is 0 Å². The van der Waals surface area contributed by atoms with Crippen molar-refractivity contribution in [3.05, 3.63) is 71.9 Å². The fraction of sp³-hybridized carbons (Fsp3) is 0.320. The van der Waals surface area contributed by atoms with E-state index in [1.165, 1.54) is 11.1 Å². The van der Waals surface area contributed by atoms with Gasteiger partial charge < -0.3 is 14.9 Å². The standard InChI is InChI=1S/C21H22N4O.2C2HF3O2/c1-26-18-6-4-16(5-7-18)14-25-11-8-19-20(9-12-25)23-15-24-21(19)17-3-2-10-22-13-17;2*3-2(4,5)1(6)7/h2-7,10,13,15H,8-9,11-12,14H2,1H3;2*(H,6,7). The number of nitrogens with zero attached hydrogens (tertiary/aromatic N) is 4. The van der Waals surface area contributed by atoms with Crippen LogP contribution in [0.4, 0.5) is 26.3 Å². The number of aliphatic carboxylic acids is 2. The molecule has 1 aliphatic rings. The van der Waals surface area contributed by atoms with E-state index < -0.39 is 24.3 Å². The molecule has 0 aliphatic carbocycles. The maximum absolute atomic E-state index is 10.6. The molecule has 3 aromatic rings. The number of pyridine rings is 1. The van der Waals surface area contributed by atoms with Crippen LogP contribution >= 0.6 is 0 Å². The Morgan fingerprint density at radius 1 is 0.925 bits per heavy atom. The highest BCUT2D eigenvalue weighted by Gasteiger charge is 2.38. The molecule has 4 rings (SSSR count). The fourth-order valence-corrected chi connectivity index (χ4v) is 3.47. The van der Waals surface area contributed by atoms with Crippen molar-refractivity contribution < 1.29 is 50.9 Å². The predicted octanol–water partition coefficient (Wildman–Crippen LogP) is 4.41. The number of halogens is 6.